The van der Waals surface area contributed by atoms with Crippen LogP contribution in [-0.2, 0) is 10.8 Å². The van der Waals surface area contributed by atoms with Gasteiger partial charge >= 0.3 is 0 Å². The van der Waals surface area contributed by atoms with E-state index in [0.717, 1.165) is 22.7 Å². The molecule has 14 rings (SSSR count). The molecule has 2 aliphatic carbocycles. The van der Waals surface area contributed by atoms with Crippen LogP contribution in [0.25, 0.3) is 49.7 Å². The Balaban J connectivity index is 1.03. The second-order valence-corrected chi connectivity index (χ2v) is 18.7. The lowest BCUT2D eigenvalue weighted by Gasteiger charge is -2.36. The van der Waals surface area contributed by atoms with E-state index in [4.69, 9.17) is 0 Å². The molecule has 70 heavy (non-hydrogen) atoms. The summed E-state index contributed by atoms with van der Waals surface area (Å²) in [6.07, 6.45) is 0. The first-order chi connectivity index (χ1) is 34.7. The van der Waals surface area contributed by atoms with Crippen LogP contribution in [0.4, 0.5) is 17.1 Å². The highest BCUT2D eigenvalue weighted by molar-refractivity contribution is 6.10. The Morgan fingerprint density at radius 2 is 0.671 bits per heavy atom. The van der Waals surface area contributed by atoms with Gasteiger partial charge in [-0.25, -0.2) is 0 Å². The van der Waals surface area contributed by atoms with Crippen molar-refractivity contribution in [2.45, 2.75) is 10.8 Å². The van der Waals surface area contributed by atoms with Crippen molar-refractivity contribution in [2.75, 3.05) is 4.90 Å². The van der Waals surface area contributed by atoms with Gasteiger partial charge in [0.15, 0.2) is 0 Å². The zero-order valence-electron chi connectivity index (χ0n) is 38.5. The number of hydrogen-bond donors (Lipinski definition) is 0. The summed E-state index contributed by atoms with van der Waals surface area (Å²) in [6.45, 7) is 0. The number of fused-ring (bicyclic) bond motifs is 9. The Bertz CT molecular complexity index is 3890. The van der Waals surface area contributed by atoms with Gasteiger partial charge in [-0.15, -0.1) is 0 Å². The molecule has 2 nitrogen and oxygen atoms in total. The van der Waals surface area contributed by atoms with E-state index in [1.807, 2.05) is 0 Å². The van der Waals surface area contributed by atoms with Gasteiger partial charge in [0.05, 0.1) is 21.9 Å². The van der Waals surface area contributed by atoms with Gasteiger partial charge in [0.1, 0.15) is 0 Å². The fraction of sp³-hybridized carbons (Fsp3) is 0.0294. The zero-order valence-corrected chi connectivity index (χ0v) is 38.5. The first-order valence-corrected chi connectivity index (χ1v) is 24.3. The highest BCUT2D eigenvalue weighted by Crippen LogP contribution is 2.60. The van der Waals surface area contributed by atoms with E-state index in [-0.39, 0.29) is 0 Å². The van der Waals surface area contributed by atoms with Crippen molar-refractivity contribution in [3.8, 4) is 27.9 Å². The van der Waals surface area contributed by atoms with Crippen molar-refractivity contribution >= 4 is 38.9 Å². The summed E-state index contributed by atoms with van der Waals surface area (Å²) in [5, 5.41) is 2.47. The van der Waals surface area contributed by atoms with E-state index in [9.17, 15) is 0 Å². The smallest absolute Gasteiger partial charge is 0.0714 e. The molecular weight excluding hydrogens is 845 g/mol. The van der Waals surface area contributed by atoms with Crippen LogP contribution in [0, 0.1) is 0 Å². The minimum absolute atomic E-state index is 0.531. The molecule has 0 bridgehead atoms. The van der Waals surface area contributed by atoms with Crippen molar-refractivity contribution in [1.82, 2.24) is 4.57 Å². The molecule has 11 aromatic carbocycles. The van der Waals surface area contributed by atoms with Crippen molar-refractivity contribution in [2.24, 2.45) is 0 Å². The van der Waals surface area contributed by atoms with Gasteiger partial charge in [-0.2, -0.15) is 0 Å². The van der Waals surface area contributed by atoms with Gasteiger partial charge in [-0.1, -0.05) is 212 Å². The summed E-state index contributed by atoms with van der Waals surface area (Å²) in [4.78, 5) is 2.47. The van der Waals surface area contributed by atoms with Crippen molar-refractivity contribution in [1.29, 1.82) is 0 Å². The molecule has 0 aliphatic heterocycles. The number of hydrogen-bond acceptors (Lipinski definition) is 1. The molecule has 2 aliphatic rings. The second-order valence-electron chi connectivity index (χ2n) is 18.7. The predicted octanol–water partition coefficient (Wildman–Crippen LogP) is 17.0. The number of anilines is 3. The number of benzene rings is 11. The molecule has 1 atom stereocenters. The van der Waals surface area contributed by atoms with Gasteiger partial charge in [0, 0.05) is 33.5 Å². The minimum Gasteiger partial charge on any atom is -0.310 e. The summed E-state index contributed by atoms with van der Waals surface area (Å²) in [6, 6.07) is 104. The fourth-order valence-corrected chi connectivity index (χ4v) is 12.5. The minimum atomic E-state index is -0.634. The molecule has 328 valence electrons. The molecule has 1 heterocycles. The summed E-state index contributed by atoms with van der Waals surface area (Å²) in [5.41, 5.74) is 20.8. The van der Waals surface area contributed by atoms with Gasteiger partial charge in [0.2, 0.25) is 0 Å². The lowest BCUT2D eigenvalue weighted by Crippen LogP contribution is -2.29. The van der Waals surface area contributed by atoms with Crippen molar-refractivity contribution in [3.05, 3.63) is 324 Å². The third-order valence-electron chi connectivity index (χ3n) is 15.3. The van der Waals surface area contributed by atoms with Crippen LogP contribution in [0.5, 0.6) is 0 Å². The molecule has 0 radical (unpaired) electrons. The van der Waals surface area contributed by atoms with Crippen LogP contribution < -0.4 is 4.90 Å². The van der Waals surface area contributed by atoms with E-state index in [1.165, 1.54) is 88.6 Å². The highest BCUT2D eigenvalue weighted by Gasteiger charge is 2.48. The first kappa shape index (κ1) is 40.1. The Kier molecular flexibility index (Phi) is 9.06. The summed E-state index contributed by atoms with van der Waals surface area (Å²) < 4.78 is 2.41. The standard InChI is InChI=1S/C68H46N2/c1-6-22-47(23-7-1)67(48-24-8-2-9-25-48)61-35-19-16-32-55(61)57-41-39-53(45-63(57)67)69(51-28-12-4-13-29-51)54-40-42-58-56-33-17-20-36-62(56)68(64(58)46-54,49-26-10-3-11-27-49)50-38-43-66-60(44-50)59-34-18-21-37-65(59)70(66)52-30-14-5-15-31-52/h1-46H. The maximum atomic E-state index is 2.50. The Morgan fingerprint density at radius 1 is 0.257 bits per heavy atom. The Morgan fingerprint density at radius 3 is 1.21 bits per heavy atom. The molecule has 1 unspecified atom stereocenters. The molecule has 0 saturated carbocycles. The van der Waals surface area contributed by atoms with Gasteiger partial charge in [0.25, 0.3) is 0 Å². The third kappa shape index (κ3) is 5.68. The van der Waals surface area contributed by atoms with Crippen molar-refractivity contribution in [3.63, 3.8) is 0 Å². The lowest BCUT2D eigenvalue weighted by molar-refractivity contribution is 0.768. The maximum Gasteiger partial charge on any atom is 0.0714 e. The van der Waals surface area contributed by atoms with Gasteiger partial charge < -0.3 is 9.47 Å². The summed E-state index contributed by atoms with van der Waals surface area (Å²) in [5.74, 6) is 0. The zero-order chi connectivity index (χ0) is 46.2. The highest BCUT2D eigenvalue weighted by atomic mass is 15.1. The molecular formula is C68H46N2. The fourth-order valence-electron chi connectivity index (χ4n) is 12.5. The monoisotopic (exact) mass is 890 g/mol. The predicted molar refractivity (Wildman–Crippen MR) is 290 cm³/mol. The van der Waals surface area contributed by atoms with Gasteiger partial charge in [-0.3, -0.25) is 0 Å². The summed E-state index contributed by atoms with van der Waals surface area (Å²) in [7, 11) is 0. The quantitative estimate of drug-likeness (QED) is 0.148. The molecule has 1 aromatic heterocycles. The molecule has 0 fully saturated rings. The van der Waals surface area contributed by atoms with E-state index < -0.39 is 10.8 Å². The normalized spacial score (nSPS) is 15.0. The van der Waals surface area contributed by atoms with Crippen LogP contribution >= 0.6 is 0 Å². The number of aromatic nitrogens is 1. The largest absolute Gasteiger partial charge is 0.310 e. The topological polar surface area (TPSA) is 8.17 Å². The lowest BCUT2D eigenvalue weighted by atomic mass is 9.67. The molecule has 2 heteroatoms. The first-order valence-electron chi connectivity index (χ1n) is 24.3. The van der Waals surface area contributed by atoms with E-state index in [1.54, 1.807) is 0 Å². The molecule has 0 saturated heterocycles. The average Bonchev–Trinajstić information content (AvgIpc) is 4.05. The Hall–Kier alpha value is -8.98. The number of para-hydroxylation sites is 3. The van der Waals surface area contributed by atoms with Gasteiger partial charge in [-0.05, 0) is 133 Å². The van der Waals surface area contributed by atoms with Crippen LogP contribution in [0.3, 0.4) is 0 Å². The molecule has 0 amide bonds. The van der Waals surface area contributed by atoms with E-state index in [0.29, 0.717) is 0 Å². The Labute approximate surface area is 408 Å². The second kappa shape index (κ2) is 15.8. The van der Waals surface area contributed by atoms with Crippen molar-refractivity contribution < 1.29 is 0 Å². The van der Waals surface area contributed by atoms with E-state index in [2.05, 4.69) is 289 Å². The van der Waals surface area contributed by atoms with Crippen LogP contribution in [0.2, 0.25) is 0 Å². The molecule has 12 aromatic rings. The third-order valence-corrected chi connectivity index (χ3v) is 15.3. The number of rotatable bonds is 8. The summed E-state index contributed by atoms with van der Waals surface area (Å²) >= 11 is 0. The average molecular weight is 891 g/mol. The van der Waals surface area contributed by atoms with E-state index >= 15 is 0 Å². The van der Waals surface area contributed by atoms with Crippen LogP contribution in [0.1, 0.15) is 44.5 Å². The van der Waals surface area contributed by atoms with Crippen LogP contribution in [-0.4, -0.2) is 4.57 Å². The maximum absolute atomic E-state index is 2.50. The SMILES string of the molecule is c1ccc(N(c2ccc3c(c2)C(c2ccccc2)(c2ccccc2)c2ccccc2-3)c2ccc3c(c2)C(c2ccccc2)(c2ccc4c(c2)c2ccccc2n4-c2ccccc2)c2ccccc2-3)cc1. The van der Waals surface area contributed by atoms with Crippen LogP contribution in [0.15, 0.2) is 279 Å². The number of nitrogens with zero attached hydrogens (tertiary/aromatic N) is 2. The molecule has 0 spiro atoms. The molecule has 0 N–H and O–H groups in total.